The maximum Gasteiger partial charge on any atom is 0.202 e. The monoisotopic (exact) mass is 182 g/mol. The molecule has 0 spiro atoms. The summed E-state index contributed by atoms with van der Waals surface area (Å²) in [5.74, 6) is 0.122. The molecule has 0 aromatic heterocycles. The Morgan fingerprint density at radius 3 is 2.15 bits per heavy atom. The Morgan fingerprint density at radius 1 is 1.23 bits per heavy atom. The molecule has 0 saturated carbocycles. The zero-order chi connectivity index (χ0) is 9.84. The Morgan fingerprint density at radius 2 is 1.77 bits per heavy atom. The smallest absolute Gasteiger partial charge is 0.202 e. The van der Waals surface area contributed by atoms with E-state index < -0.39 is 0 Å². The molecule has 72 valence electrons. The third-order valence-corrected chi connectivity index (χ3v) is 1.85. The first kappa shape index (κ1) is 9.71. The number of phenols is 2. The predicted molar refractivity (Wildman–Crippen MR) is 50.3 cm³/mol. The highest BCUT2D eigenvalue weighted by Gasteiger charge is 2.08. The summed E-state index contributed by atoms with van der Waals surface area (Å²) in [4.78, 5) is 0. The summed E-state index contributed by atoms with van der Waals surface area (Å²) in [6.45, 7) is 2.04. The lowest BCUT2D eigenvalue weighted by molar-refractivity contribution is 0.344. The maximum absolute atomic E-state index is 9.41. The molecule has 0 aliphatic heterocycles. The topological polar surface area (TPSA) is 49.7 Å². The summed E-state index contributed by atoms with van der Waals surface area (Å²) >= 11 is 0. The summed E-state index contributed by atoms with van der Waals surface area (Å²) in [5, 5.41) is 18.8. The molecule has 0 fully saturated rings. The van der Waals surface area contributed by atoms with E-state index in [4.69, 9.17) is 4.74 Å². The molecule has 0 heterocycles. The molecule has 3 nitrogen and oxygen atoms in total. The van der Waals surface area contributed by atoms with Crippen molar-refractivity contribution in [3.8, 4) is 17.2 Å². The Kier molecular flexibility index (Phi) is 3.01. The highest BCUT2D eigenvalue weighted by atomic mass is 16.5. The first-order valence-corrected chi connectivity index (χ1v) is 4.27. The van der Waals surface area contributed by atoms with E-state index in [2.05, 4.69) is 0 Å². The van der Waals surface area contributed by atoms with Crippen molar-refractivity contribution in [2.24, 2.45) is 0 Å². The molecule has 1 aromatic rings. The SMILES string of the molecule is CCCc1cc(O)c(OC)c(O)c1. The van der Waals surface area contributed by atoms with E-state index in [1.165, 1.54) is 7.11 Å². The quantitative estimate of drug-likeness (QED) is 0.752. The average molecular weight is 182 g/mol. The first-order valence-electron chi connectivity index (χ1n) is 4.27. The van der Waals surface area contributed by atoms with Crippen molar-refractivity contribution in [3.63, 3.8) is 0 Å². The number of rotatable bonds is 3. The van der Waals surface area contributed by atoms with Crippen LogP contribution in [-0.4, -0.2) is 17.3 Å². The molecule has 3 heteroatoms. The second kappa shape index (κ2) is 4.03. The number of phenolic OH excluding ortho intramolecular Hbond substituents is 2. The van der Waals surface area contributed by atoms with Crippen LogP contribution in [0.4, 0.5) is 0 Å². The van der Waals surface area contributed by atoms with Crippen LogP contribution in [0.15, 0.2) is 12.1 Å². The molecule has 0 radical (unpaired) electrons. The van der Waals surface area contributed by atoms with E-state index in [9.17, 15) is 10.2 Å². The van der Waals surface area contributed by atoms with E-state index in [0.717, 1.165) is 18.4 Å². The van der Waals surface area contributed by atoms with Crippen molar-refractivity contribution in [1.29, 1.82) is 0 Å². The summed E-state index contributed by atoms with van der Waals surface area (Å²) in [6, 6.07) is 3.23. The van der Waals surface area contributed by atoms with Crippen LogP contribution in [0.5, 0.6) is 17.2 Å². The van der Waals surface area contributed by atoms with E-state index in [1.54, 1.807) is 12.1 Å². The molecular weight excluding hydrogens is 168 g/mol. The van der Waals surface area contributed by atoms with Gasteiger partial charge in [-0.2, -0.15) is 0 Å². The minimum atomic E-state index is -0.00838. The molecule has 0 atom stereocenters. The molecule has 1 rings (SSSR count). The van der Waals surface area contributed by atoms with Gasteiger partial charge >= 0.3 is 0 Å². The minimum absolute atomic E-state index is 0.00838. The molecule has 2 N–H and O–H groups in total. The molecule has 0 saturated heterocycles. The van der Waals surface area contributed by atoms with Gasteiger partial charge in [0.2, 0.25) is 5.75 Å². The predicted octanol–water partition coefficient (Wildman–Crippen LogP) is 2.06. The maximum atomic E-state index is 9.41. The van der Waals surface area contributed by atoms with Crippen molar-refractivity contribution >= 4 is 0 Å². The second-order valence-corrected chi connectivity index (χ2v) is 2.92. The fourth-order valence-electron chi connectivity index (χ4n) is 1.30. The zero-order valence-electron chi connectivity index (χ0n) is 7.87. The van der Waals surface area contributed by atoms with Gasteiger partial charge in [0, 0.05) is 0 Å². The van der Waals surface area contributed by atoms with Gasteiger partial charge in [-0.1, -0.05) is 13.3 Å². The van der Waals surface area contributed by atoms with Crippen molar-refractivity contribution in [2.45, 2.75) is 19.8 Å². The third-order valence-electron chi connectivity index (χ3n) is 1.85. The highest BCUT2D eigenvalue weighted by Crippen LogP contribution is 2.36. The van der Waals surface area contributed by atoms with Crippen LogP contribution in [0.25, 0.3) is 0 Å². The average Bonchev–Trinajstić information content (AvgIpc) is 2.04. The lowest BCUT2D eigenvalue weighted by Crippen LogP contribution is -1.88. The fourth-order valence-corrected chi connectivity index (χ4v) is 1.30. The first-order chi connectivity index (χ1) is 6.19. The largest absolute Gasteiger partial charge is 0.504 e. The Balaban J connectivity index is 3.05. The Labute approximate surface area is 77.6 Å². The van der Waals surface area contributed by atoms with Crippen LogP contribution in [0, 0.1) is 0 Å². The van der Waals surface area contributed by atoms with Crippen LogP contribution in [0.1, 0.15) is 18.9 Å². The van der Waals surface area contributed by atoms with Crippen molar-refractivity contribution < 1.29 is 14.9 Å². The highest BCUT2D eigenvalue weighted by molar-refractivity contribution is 5.52. The van der Waals surface area contributed by atoms with Gasteiger partial charge in [-0.05, 0) is 24.1 Å². The molecular formula is C10H14O3. The molecule has 0 bridgehead atoms. The molecule has 0 amide bonds. The normalized spacial score (nSPS) is 10.0. The number of hydrogen-bond acceptors (Lipinski definition) is 3. The van der Waals surface area contributed by atoms with Gasteiger partial charge < -0.3 is 14.9 Å². The lowest BCUT2D eigenvalue weighted by Gasteiger charge is -2.07. The second-order valence-electron chi connectivity index (χ2n) is 2.92. The number of methoxy groups -OCH3 is 1. The lowest BCUT2D eigenvalue weighted by atomic mass is 10.1. The third kappa shape index (κ3) is 2.05. The number of hydrogen-bond donors (Lipinski definition) is 2. The van der Waals surface area contributed by atoms with Gasteiger partial charge in [-0.25, -0.2) is 0 Å². The fraction of sp³-hybridized carbons (Fsp3) is 0.400. The molecule has 0 aliphatic rings. The standard InChI is InChI=1S/C10H14O3/c1-3-4-7-5-8(11)10(13-2)9(12)6-7/h5-6,11-12H,3-4H2,1-2H3. The van der Waals surface area contributed by atoms with Crippen LogP contribution in [0.2, 0.25) is 0 Å². The van der Waals surface area contributed by atoms with Crippen LogP contribution in [-0.2, 0) is 6.42 Å². The summed E-state index contributed by atoms with van der Waals surface area (Å²) in [7, 11) is 1.41. The van der Waals surface area contributed by atoms with Crippen molar-refractivity contribution in [1.82, 2.24) is 0 Å². The molecule has 13 heavy (non-hydrogen) atoms. The van der Waals surface area contributed by atoms with E-state index in [0.29, 0.717) is 0 Å². The molecule has 1 aromatic carbocycles. The molecule has 0 aliphatic carbocycles. The Bertz CT molecular complexity index is 271. The van der Waals surface area contributed by atoms with E-state index in [1.807, 2.05) is 6.92 Å². The van der Waals surface area contributed by atoms with Gasteiger partial charge in [0.05, 0.1) is 7.11 Å². The van der Waals surface area contributed by atoms with Gasteiger partial charge in [-0.3, -0.25) is 0 Å². The zero-order valence-corrected chi connectivity index (χ0v) is 7.87. The van der Waals surface area contributed by atoms with E-state index >= 15 is 0 Å². The van der Waals surface area contributed by atoms with Crippen LogP contribution in [0.3, 0.4) is 0 Å². The minimum Gasteiger partial charge on any atom is -0.504 e. The van der Waals surface area contributed by atoms with Gasteiger partial charge in [0.1, 0.15) is 0 Å². The number of benzene rings is 1. The van der Waals surface area contributed by atoms with Gasteiger partial charge in [0.25, 0.3) is 0 Å². The van der Waals surface area contributed by atoms with Gasteiger partial charge in [-0.15, -0.1) is 0 Å². The number of aryl methyl sites for hydroxylation is 1. The van der Waals surface area contributed by atoms with E-state index in [-0.39, 0.29) is 17.2 Å². The van der Waals surface area contributed by atoms with Crippen molar-refractivity contribution in [2.75, 3.05) is 7.11 Å². The van der Waals surface area contributed by atoms with Crippen LogP contribution >= 0.6 is 0 Å². The van der Waals surface area contributed by atoms with Crippen molar-refractivity contribution in [3.05, 3.63) is 17.7 Å². The Hall–Kier alpha value is -1.38. The summed E-state index contributed by atoms with van der Waals surface area (Å²) in [6.07, 6.45) is 1.82. The number of ether oxygens (including phenoxy) is 1. The van der Waals surface area contributed by atoms with Gasteiger partial charge in [0.15, 0.2) is 11.5 Å². The summed E-state index contributed by atoms with van der Waals surface area (Å²) in [5.41, 5.74) is 0.915. The number of aromatic hydroxyl groups is 2. The van der Waals surface area contributed by atoms with Crippen LogP contribution < -0.4 is 4.74 Å². The molecule has 0 unspecified atom stereocenters. The summed E-state index contributed by atoms with van der Waals surface area (Å²) < 4.78 is 4.81.